The molecule has 0 aliphatic carbocycles. The minimum atomic E-state index is -0.177. The summed E-state index contributed by atoms with van der Waals surface area (Å²) in [6, 6.07) is 13.5. The molecule has 1 N–H and O–H groups in total. The second kappa shape index (κ2) is 9.90. The Kier molecular flexibility index (Phi) is 7.30. The van der Waals surface area contributed by atoms with Crippen LogP contribution < -0.4 is 5.32 Å². The number of rotatable bonds is 6. The maximum Gasteiger partial charge on any atom is 0.244 e. The van der Waals surface area contributed by atoms with Gasteiger partial charge in [-0.3, -0.25) is 9.69 Å². The second-order valence-corrected chi connectivity index (χ2v) is 7.27. The van der Waals surface area contributed by atoms with Crippen LogP contribution in [-0.4, -0.2) is 37.1 Å². The smallest absolute Gasteiger partial charge is 0.244 e. The topological polar surface area (TPSA) is 41.6 Å². The van der Waals surface area contributed by atoms with Gasteiger partial charge < -0.3 is 10.1 Å². The molecule has 0 atom stereocenters. The molecule has 27 heavy (non-hydrogen) atoms. The van der Waals surface area contributed by atoms with Gasteiger partial charge in [-0.25, -0.2) is 0 Å². The van der Waals surface area contributed by atoms with Crippen LogP contribution in [-0.2, 0) is 22.6 Å². The maximum absolute atomic E-state index is 12.0. The van der Waals surface area contributed by atoms with E-state index in [-0.39, 0.29) is 5.91 Å². The van der Waals surface area contributed by atoms with Crippen LogP contribution >= 0.6 is 23.2 Å². The average Bonchev–Trinajstić information content (AvgIpc) is 2.69. The third-order valence-corrected chi connectivity index (χ3v) is 4.95. The first-order valence-electron chi connectivity index (χ1n) is 8.89. The molecule has 0 saturated carbocycles. The van der Waals surface area contributed by atoms with Gasteiger partial charge in [-0.2, -0.15) is 0 Å². The quantitative estimate of drug-likeness (QED) is 0.734. The van der Waals surface area contributed by atoms with Crippen molar-refractivity contribution in [3.8, 4) is 0 Å². The summed E-state index contributed by atoms with van der Waals surface area (Å²) < 4.78 is 5.37. The van der Waals surface area contributed by atoms with Crippen LogP contribution in [0, 0.1) is 0 Å². The molecule has 0 bridgehead atoms. The number of ether oxygens (including phenoxy) is 1. The highest BCUT2D eigenvalue weighted by molar-refractivity contribution is 6.34. The summed E-state index contributed by atoms with van der Waals surface area (Å²) in [6.07, 6.45) is 3.12. The number of hydrogen-bond donors (Lipinski definition) is 1. The number of carbonyl (C=O) groups is 1. The van der Waals surface area contributed by atoms with Crippen LogP contribution in [0.1, 0.15) is 16.7 Å². The van der Waals surface area contributed by atoms with Crippen molar-refractivity contribution in [3.63, 3.8) is 0 Å². The van der Waals surface area contributed by atoms with E-state index in [0.29, 0.717) is 22.2 Å². The van der Waals surface area contributed by atoms with Crippen LogP contribution in [0.4, 0.5) is 0 Å². The summed E-state index contributed by atoms with van der Waals surface area (Å²) in [5.41, 5.74) is 3.04. The minimum absolute atomic E-state index is 0.177. The van der Waals surface area contributed by atoms with Gasteiger partial charge in [0, 0.05) is 42.3 Å². The Morgan fingerprint density at radius 3 is 2.52 bits per heavy atom. The van der Waals surface area contributed by atoms with Gasteiger partial charge in [-0.1, -0.05) is 47.5 Å². The van der Waals surface area contributed by atoms with E-state index in [4.69, 9.17) is 27.9 Å². The van der Waals surface area contributed by atoms with E-state index in [1.54, 1.807) is 24.3 Å². The van der Waals surface area contributed by atoms with Crippen molar-refractivity contribution < 1.29 is 9.53 Å². The van der Waals surface area contributed by atoms with Gasteiger partial charge in [0.15, 0.2) is 0 Å². The van der Waals surface area contributed by atoms with E-state index < -0.39 is 0 Å². The fourth-order valence-electron chi connectivity index (χ4n) is 2.84. The maximum atomic E-state index is 12.0. The van der Waals surface area contributed by atoms with Crippen molar-refractivity contribution in [2.75, 3.05) is 26.3 Å². The van der Waals surface area contributed by atoms with Crippen molar-refractivity contribution >= 4 is 35.2 Å². The number of nitrogens with zero attached hydrogens (tertiary/aromatic N) is 1. The number of benzene rings is 2. The van der Waals surface area contributed by atoms with Crippen LogP contribution in [0.2, 0.25) is 10.0 Å². The molecule has 1 aliphatic rings. The van der Waals surface area contributed by atoms with Crippen LogP contribution in [0.15, 0.2) is 48.5 Å². The lowest BCUT2D eigenvalue weighted by Crippen LogP contribution is -2.35. The van der Waals surface area contributed by atoms with E-state index in [1.165, 1.54) is 11.6 Å². The van der Waals surface area contributed by atoms with Crippen molar-refractivity contribution in [1.29, 1.82) is 0 Å². The summed E-state index contributed by atoms with van der Waals surface area (Å²) >= 11 is 12.0. The molecule has 0 unspecified atom stereocenters. The zero-order valence-corrected chi connectivity index (χ0v) is 16.5. The predicted molar refractivity (Wildman–Crippen MR) is 110 cm³/mol. The van der Waals surface area contributed by atoms with Gasteiger partial charge in [0.25, 0.3) is 0 Å². The molecule has 6 heteroatoms. The molecule has 2 aromatic rings. The van der Waals surface area contributed by atoms with Gasteiger partial charge >= 0.3 is 0 Å². The highest BCUT2D eigenvalue weighted by Gasteiger charge is 2.10. The minimum Gasteiger partial charge on any atom is -0.379 e. The number of hydrogen-bond acceptors (Lipinski definition) is 3. The molecule has 1 fully saturated rings. The predicted octanol–water partition coefficient (Wildman–Crippen LogP) is 4.16. The van der Waals surface area contributed by atoms with Crippen LogP contribution in [0.3, 0.4) is 0 Å². The van der Waals surface area contributed by atoms with Crippen LogP contribution in [0.5, 0.6) is 0 Å². The number of halogens is 2. The third-order valence-electron chi connectivity index (χ3n) is 4.37. The molecular formula is C21H22Cl2N2O2. The fourth-order valence-corrected chi connectivity index (χ4v) is 3.20. The van der Waals surface area contributed by atoms with E-state index in [2.05, 4.69) is 22.3 Å². The molecule has 4 nitrogen and oxygen atoms in total. The largest absolute Gasteiger partial charge is 0.379 e. The summed E-state index contributed by atoms with van der Waals surface area (Å²) in [5, 5.41) is 4.01. The Morgan fingerprint density at radius 2 is 1.78 bits per heavy atom. The SMILES string of the molecule is O=C(C=Cc1cc(Cl)ccc1Cl)NCc1ccc(CN2CCOCC2)cc1. The molecular weight excluding hydrogens is 383 g/mol. The zero-order chi connectivity index (χ0) is 19.1. The van der Waals surface area contributed by atoms with Crippen LogP contribution in [0.25, 0.3) is 6.08 Å². The molecule has 2 aromatic carbocycles. The van der Waals surface area contributed by atoms with Gasteiger partial charge in [0.05, 0.1) is 13.2 Å². The van der Waals surface area contributed by atoms with E-state index >= 15 is 0 Å². The van der Waals surface area contributed by atoms with E-state index in [9.17, 15) is 4.79 Å². The monoisotopic (exact) mass is 404 g/mol. The van der Waals surface area contributed by atoms with E-state index in [1.807, 2.05) is 12.1 Å². The standard InChI is InChI=1S/C21H22Cl2N2O2/c22-19-6-7-20(23)18(13-19)5-8-21(26)24-14-16-1-3-17(4-2-16)15-25-9-11-27-12-10-25/h1-8,13H,9-12,14-15H2,(H,24,26). The van der Waals surface area contributed by atoms with Gasteiger partial charge in [0.2, 0.25) is 5.91 Å². The Bertz CT molecular complexity index is 800. The molecule has 1 heterocycles. The summed E-state index contributed by atoms with van der Waals surface area (Å²) in [6.45, 7) is 4.96. The first kappa shape index (κ1) is 19.9. The van der Waals surface area contributed by atoms with Gasteiger partial charge in [-0.05, 0) is 41.0 Å². The Labute approximate surface area is 169 Å². The van der Waals surface area contributed by atoms with Crippen molar-refractivity contribution in [2.24, 2.45) is 0 Å². The normalized spacial score (nSPS) is 15.2. The number of morpholine rings is 1. The molecule has 0 spiro atoms. The summed E-state index contributed by atoms with van der Waals surface area (Å²) in [7, 11) is 0. The molecule has 1 aliphatic heterocycles. The number of amides is 1. The molecule has 1 amide bonds. The van der Waals surface area contributed by atoms with E-state index in [0.717, 1.165) is 38.4 Å². The number of nitrogens with one attached hydrogen (secondary N) is 1. The lowest BCUT2D eigenvalue weighted by Gasteiger charge is -2.26. The fraction of sp³-hybridized carbons (Fsp3) is 0.286. The van der Waals surface area contributed by atoms with Gasteiger partial charge in [-0.15, -0.1) is 0 Å². The van der Waals surface area contributed by atoms with Gasteiger partial charge in [0.1, 0.15) is 0 Å². The number of carbonyl (C=O) groups excluding carboxylic acids is 1. The van der Waals surface area contributed by atoms with Crippen molar-refractivity contribution in [1.82, 2.24) is 10.2 Å². The lowest BCUT2D eigenvalue weighted by atomic mass is 10.1. The highest BCUT2D eigenvalue weighted by Crippen LogP contribution is 2.21. The first-order chi connectivity index (χ1) is 13.1. The summed E-state index contributed by atoms with van der Waals surface area (Å²) in [5.74, 6) is -0.177. The molecule has 1 saturated heterocycles. The van der Waals surface area contributed by atoms with Crippen molar-refractivity contribution in [3.05, 3.63) is 75.3 Å². The molecule has 142 valence electrons. The second-order valence-electron chi connectivity index (χ2n) is 6.42. The first-order valence-corrected chi connectivity index (χ1v) is 9.64. The molecule has 3 rings (SSSR count). The van der Waals surface area contributed by atoms with Crippen molar-refractivity contribution in [2.45, 2.75) is 13.1 Å². The third kappa shape index (κ3) is 6.36. The highest BCUT2D eigenvalue weighted by atomic mass is 35.5. The Hall–Kier alpha value is -1.85. The lowest BCUT2D eigenvalue weighted by molar-refractivity contribution is -0.116. The Balaban J connectivity index is 1.48. The summed E-state index contributed by atoms with van der Waals surface area (Å²) in [4.78, 5) is 14.4. The zero-order valence-electron chi connectivity index (χ0n) is 15.0. The molecule has 0 aromatic heterocycles. The Morgan fingerprint density at radius 1 is 1.07 bits per heavy atom. The molecule has 0 radical (unpaired) electrons. The average molecular weight is 405 g/mol.